The van der Waals surface area contributed by atoms with E-state index in [4.69, 9.17) is 0 Å². The number of hydrogen-bond acceptors (Lipinski definition) is 3. The molecule has 1 amide bonds. The molecule has 1 atom stereocenters. The van der Waals surface area contributed by atoms with Crippen molar-refractivity contribution in [3.8, 4) is 0 Å². The molecule has 1 aromatic heterocycles. The summed E-state index contributed by atoms with van der Waals surface area (Å²) >= 11 is 0. The number of amides is 1. The van der Waals surface area contributed by atoms with Crippen molar-refractivity contribution < 1.29 is 4.79 Å². The Morgan fingerprint density at radius 3 is 2.95 bits per heavy atom. The maximum Gasteiger partial charge on any atom is 0.252 e. The highest BCUT2D eigenvalue weighted by molar-refractivity contribution is 5.78. The molecule has 1 aliphatic rings. The van der Waals surface area contributed by atoms with Crippen LogP contribution < -0.4 is 10.9 Å². The summed E-state index contributed by atoms with van der Waals surface area (Å²) in [5, 5.41) is 4.41. The number of piperidine rings is 1. The zero-order chi connectivity index (χ0) is 14.8. The first-order valence-corrected chi connectivity index (χ1v) is 7.22. The first kappa shape index (κ1) is 13.8. The van der Waals surface area contributed by atoms with Gasteiger partial charge in [-0.1, -0.05) is 18.2 Å². The number of carbonyl (C=O) groups excluding carboxylic acids is 1. The molecule has 21 heavy (non-hydrogen) atoms. The lowest BCUT2D eigenvalue weighted by molar-refractivity contribution is -0.132. The van der Waals surface area contributed by atoms with Crippen molar-refractivity contribution in [2.24, 2.45) is 0 Å². The van der Waals surface area contributed by atoms with Crippen molar-refractivity contribution in [2.75, 3.05) is 13.6 Å². The molecule has 1 unspecified atom stereocenters. The number of nitrogens with one attached hydrogen (secondary N) is 2. The number of aromatic nitrogens is 1. The van der Waals surface area contributed by atoms with Gasteiger partial charge >= 0.3 is 0 Å². The standard InChI is InChI=1S/C16H19N3O2/c1-19-10-13(6-7-15(19)20)17-9-12-8-11-4-2-3-5-14(11)18-16(12)21/h2-5,8,13,17H,6-7,9-10H2,1H3,(H,18,21). The summed E-state index contributed by atoms with van der Waals surface area (Å²) in [6, 6.07) is 9.93. The van der Waals surface area contributed by atoms with Crippen LogP contribution in [0.5, 0.6) is 0 Å². The highest BCUT2D eigenvalue weighted by Gasteiger charge is 2.22. The van der Waals surface area contributed by atoms with Gasteiger partial charge in [0, 0.05) is 43.7 Å². The molecule has 0 radical (unpaired) electrons. The van der Waals surface area contributed by atoms with Crippen LogP contribution in [0.1, 0.15) is 18.4 Å². The van der Waals surface area contributed by atoms with Gasteiger partial charge in [-0.3, -0.25) is 9.59 Å². The summed E-state index contributed by atoms with van der Waals surface area (Å²) in [5.74, 6) is 0.191. The summed E-state index contributed by atoms with van der Waals surface area (Å²) in [4.78, 5) is 28.2. The van der Waals surface area contributed by atoms with Crippen molar-refractivity contribution >= 4 is 16.8 Å². The van der Waals surface area contributed by atoms with Gasteiger partial charge in [0.2, 0.25) is 5.91 Å². The number of rotatable bonds is 3. The quantitative estimate of drug-likeness (QED) is 0.891. The predicted molar refractivity (Wildman–Crippen MR) is 82.1 cm³/mol. The second kappa shape index (κ2) is 5.69. The van der Waals surface area contributed by atoms with Crippen LogP contribution in [0.3, 0.4) is 0 Å². The normalized spacial score (nSPS) is 19.2. The Hall–Kier alpha value is -2.14. The Kier molecular flexibility index (Phi) is 3.75. The van der Waals surface area contributed by atoms with Gasteiger partial charge in [-0.25, -0.2) is 0 Å². The monoisotopic (exact) mass is 285 g/mol. The van der Waals surface area contributed by atoms with Gasteiger partial charge in [0.25, 0.3) is 5.56 Å². The van der Waals surface area contributed by atoms with Crippen LogP contribution >= 0.6 is 0 Å². The largest absolute Gasteiger partial charge is 0.344 e. The number of likely N-dealkylation sites (tertiary alicyclic amines) is 1. The molecule has 0 aliphatic carbocycles. The Bertz CT molecular complexity index is 723. The van der Waals surface area contributed by atoms with E-state index in [9.17, 15) is 9.59 Å². The van der Waals surface area contributed by atoms with Gasteiger partial charge in [-0.2, -0.15) is 0 Å². The van der Waals surface area contributed by atoms with Crippen molar-refractivity contribution in [1.82, 2.24) is 15.2 Å². The lowest BCUT2D eigenvalue weighted by Gasteiger charge is -2.30. The first-order chi connectivity index (χ1) is 10.1. The first-order valence-electron chi connectivity index (χ1n) is 7.22. The number of nitrogens with zero attached hydrogens (tertiary/aromatic N) is 1. The average molecular weight is 285 g/mol. The molecule has 1 aromatic carbocycles. The molecule has 1 aliphatic heterocycles. The molecule has 2 N–H and O–H groups in total. The number of H-pyrrole nitrogens is 1. The molecular formula is C16H19N3O2. The van der Waals surface area contributed by atoms with Gasteiger partial charge in [0.05, 0.1) is 0 Å². The van der Waals surface area contributed by atoms with Gasteiger partial charge in [-0.05, 0) is 23.9 Å². The molecule has 1 fully saturated rings. The number of para-hydroxylation sites is 1. The minimum atomic E-state index is -0.0542. The van der Waals surface area contributed by atoms with Crippen molar-refractivity contribution in [2.45, 2.75) is 25.4 Å². The Morgan fingerprint density at radius 1 is 1.33 bits per heavy atom. The fourth-order valence-corrected chi connectivity index (χ4v) is 2.76. The summed E-state index contributed by atoms with van der Waals surface area (Å²) in [6.07, 6.45) is 1.40. The molecule has 0 spiro atoms. The highest BCUT2D eigenvalue weighted by atomic mass is 16.2. The number of hydrogen-bond donors (Lipinski definition) is 2. The fraction of sp³-hybridized carbons (Fsp3) is 0.375. The van der Waals surface area contributed by atoms with Crippen molar-refractivity contribution in [3.05, 3.63) is 46.2 Å². The van der Waals surface area contributed by atoms with E-state index < -0.39 is 0 Å². The Labute approximate surface area is 123 Å². The maximum atomic E-state index is 12.1. The zero-order valence-corrected chi connectivity index (χ0v) is 12.1. The Morgan fingerprint density at radius 2 is 2.14 bits per heavy atom. The lowest BCUT2D eigenvalue weighted by atomic mass is 10.1. The van der Waals surface area contributed by atoms with Gasteiger partial charge < -0.3 is 15.2 Å². The number of benzene rings is 1. The highest BCUT2D eigenvalue weighted by Crippen LogP contribution is 2.12. The zero-order valence-electron chi connectivity index (χ0n) is 12.1. The second-order valence-electron chi connectivity index (χ2n) is 5.60. The lowest BCUT2D eigenvalue weighted by Crippen LogP contribution is -2.46. The molecule has 2 heterocycles. The minimum absolute atomic E-state index is 0.0542. The van der Waals surface area contributed by atoms with E-state index in [0.717, 1.165) is 22.9 Å². The number of fused-ring (bicyclic) bond motifs is 1. The number of likely N-dealkylation sites (N-methyl/N-ethyl adjacent to an activating group) is 1. The van der Waals surface area contributed by atoms with Crippen LogP contribution in [0.25, 0.3) is 10.9 Å². The molecule has 110 valence electrons. The van der Waals surface area contributed by atoms with E-state index in [-0.39, 0.29) is 17.5 Å². The van der Waals surface area contributed by atoms with Crippen LogP contribution in [-0.4, -0.2) is 35.4 Å². The van der Waals surface area contributed by atoms with E-state index in [1.54, 1.807) is 4.90 Å². The SMILES string of the molecule is CN1CC(NCc2cc3ccccc3[nH]c2=O)CCC1=O. The van der Waals surface area contributed by atoms with Crippen molar-refractivity contribution in [3.63, 3.8) is 0 Å². The molecule has 5 heteroatoms. The van der Waals surface area contributed by atoms with Gasteiger partial charge in [0.15, 0.2) is 0 Å². The number of pyridine rings is 1. The van der Waals surface area contributed by atoms with Crippen LogP contribution in [0.2, 0.25) is 0 Å². The summed E-state index contributed by atoms with van der Waals surface area (Å²) in [7, 11) is 1.82. The molecule has 0 saturated carbocycles. The van der Waals surface area contributed by atoms with E-state index in [1.165, 1.54) is 0 Å². The topological polar surface area (TPSA) is 65.2 Å². The fourth-order valence-electron chi connectivity index (χ4n) is 2.76. The minimum Gasteiger partial charge on any atom is -0.344 e. The van der Waals surface area contributed by atoms with Crippen LogP contribution in [0.4, 0.5) is 0 Å². The van der Waals surface area contributed by atoms with E-state index in [1.807, 2.05) is 37.4 Å². The third-order valence-electron chi connectivity index (χ3n) is 4.04. The molecule has 5 nitrogen and oxygen atoms in total. The van der Waals surface area contributed by atoms with Gasteiger partial charge in [0.1, 0.15) is 0 Å². The molecule has 1 saturated heterocycles. The molecule has 0 bridgehead atoms. The maximum absolute atomic E-state index is 12.1. The molecular weight excluding hydrogens is 266 g/mol. The summed E-state index contributed by atoms with van der Waals surface area (Å²) < 4.78 is 0. The average Bonchev–Trinajstić information content (AvgIpc) is 2.48. The third-order valence-corrected chi connectivity index (χ3v) is 4.04. The summed E-state index contributed by atoms with van der Waals surface area (Å²) in [5.41, 5.74) is 1.53. The van der Waals surface area contributed by atoms with E-state index >= 15 is 0 Å². The molecule has 3 rings (SSSR count). The number of aromatic amines is 1. The van der Waals surface area contributed by atoms with Crippen LogP contribution in [0, 0.1) is 0 Å². The number of carbonyl (C=O) groups is 1. The van der Waals surface area contributed by atoms with Crippen LogP contribution in [-0.2, 0) is 11.3 Å². The Balaban J connectivity index is 1.72. The molecule has 2 aromatic rings. The predicted octanol–water partition coefficient (Wildman–Crippen LogP) is 1.24. The van der Waals surface area contributed by atoms with Crippen molar-refractivity contribution in [1.29, 1.82) is 0 Å². The smallest absolute Gasteiger partial charge is 0.252 e. The van der Waals surface area contributed by atoms with E-state index in [2.05, 4.69) is 10.3 Å². The second-order valence-corrected chi connectivity index (χ2v) is 5.60. The summed E-state index contributed by atoms with van der Waals surface area (Å²) in [6.45, 7) is 1.22. The van der Waals surface area contributed by atoms with Gasteiger partial charge in [-0.15, -0.1) is 0 Å². The van der Waals surface area contributed by atoms with E-state index in [0.29, 0.717) is 19.5 Å². The van der Waals surface area contributed by atoms with Crippen LogP contribution in [0.15, 0.2) is 35.1 Å². The third kappa shape index (κ3) is 2.97.